The van der Waals surface area contributed by atoms with E-state index in [9.17, 15) is 19.8 Å². The number of esters is 1. The van der Waals surface area contributed by atoms with Crippen LogP contribution in [0.5, 0.6) is 11.5 Å². The Hall–Kier alpha value is -2.90. The van der Waals surface area contributed by atoms with E-state index in [4.69, 9.17) is 20.8 Å². The van der Waals surface area contributed by atoms with Crippen molar-refractivity contribution < 1.29 is 24.2 Å². The molecule has 0 amide bonds. The molecule has 30 heavy (non-hydrogen) atoms. The van der Waals surface area contributed by atoms with Crippen LogP contribution in [-0.2, 0) is 15.3 Å². The number of thioether (sulfide) groups is 1. The van der Waals surface area contributed by atoms with Gasteiger partial charge in [0, 0.05) is 11.0 Å². The van der Waals surface area contributed by atoms with Gasteiger partial charge in [0.25, 0.3) is 0 Å². The molecule has 0 saturated heterocycles. The van der Waals surface area contributed by atoms with Crippen LogP contribution in [-0.4, -0.2) is 23.3 Å². The fourth-order valence-corrected chi connectivity index (χ4v) is 4.01. The van der Waals surface area contributed by atoms with Gasteiger partial charge in [-0.25, -0.2) is 0 Å². The maximum atomic E-state index is 12.4. The smallest absolute Gasteiger partial charge is 0.306 e. The van der Waals surface area contributed by atoms with Crippen LogP contribution in [0, 0.1) is 0 Å². The summed E-state index contributed by atoms with van der Waals surface area (Å²) < 4.78 is 10.6. The number of benzene rings is 2. The van der Waals surface area contributed by atoms with Crippen LogP contribution in [0.1, 0.15) is 29.4 Å². The molecule has 0 radical (unpaired) electrons. The summed E-state index contributed by atoms with van der Waals surface area (Å²) in [5, 5.41) is 20.5. The maximum Gasteiger partial charge on any atom is 0.306 e. The molecule has 2 aromatic carbocycles. The van der Waals surface area contributed by atoms with Gasteiger partial charge in [-0.2, -0.15) is 0 Å². The second-order valence-corrected chi connectivity index (χ2v) is 7.86. The topological polar surface area (TPSA) is 97.0 Å². The van der Waals surface area contributed by atoms with Crippen molar-refractivity contribution in [1.29, 1.82) is 0 Å². The minimum absolute atomic E-state index is 0.0339. The lowest BCUT2D eigenvalue weighted by Gasteiger charge is -2.17. The van der Waals surface area contributed by atoms with Crippen molar-refractivity contribution in [3.63, 3.8) is 0 Å². The van der Waals surface area contributed by atoms with Gasteiger partial charge in [0.1, 0.15) is 11.5 Å². The van der Waals surface area contributed by atoms with Crippen molar-refractivity contribution in [1.82, 2.24) is 0 Å². The number of hydrogen-bond acceptors (Lipinski definition) is 7. The average Bonchev–Trinajstić information content (AvgIpc) is 2.74. The van der Waals surface area contributed by atoms with Gasteiger partial charge in [0.15, 0.2) is 5.76 Å². The highest BCUT2D eigenvalue weighted by molar-refractivity contribution is 7.98. The van der Waals surface area contributed by atoms with Crippen LogP contribution >= 0.6 is 23.4 Å². The van der Waals surface area contributed by atoms with Crippen molar-refractivity contribution in [3.8, 4) is 11.5 Å². The number of carbonyl (C=O) groups is 1. The highest BCUT2D eigenvalue weighted by atomic mass is 35.5. The van der Waals surface area contributed by atoms with Gasteiger partial charge in [0.2, 0.25) is 11.2 Å². The number of phenols is 1. The molecule has 0 aliphatic rings. The number of rotatable bonds is 7. The highest BCUT2D eigenvalue weighted by Gasteiger charge is 2.26. The van der Waals surface area contributed by atoms with Crippen molar-refractivity contribution in [2.24, 2.45) is 0 Å². The Bertz CT molecular complexity index is 1090. The van der Waals surface area contributed by atoms with Gasteiger partial charge < -0.3 is 19.4 Å². The molecule has 1 aromatic heterocycles. The lowest BCUT2D eigenvalue weighted by atomic mass is 9.92. The molecular formula is C22H19ClO6S. The Morgan fingerprint density at radius 1 is 1.17 bits per heavy atom. The van der Waals surface area contributed by atoms with Crippen molar-refractivity contribution >= 4 is 29.3 Å². The van der Waals surface area contributed by atoms with Gasteiger partial charge >= 0.3 is 5.97 Å². The molecule has 156 valence electrons. The third-order valence-electron chi connectivity index (χ3n) is 4.42. The van der Waals surface area contributed by atoms with E-state index < -0.39 is 23.1 Å². The Morgan fingerprint density at radius 3 is 2.53 bits per heavy atom. The standard InChI is InChI=1S/C22H19ClO6S/c1-28-20(26)11-16(13-6-8-14(24)9-7-13)22-21(27)18(25)10-15(29-22)12-30-19-5-3-2-4-17(19)23/h2-10,16,24,27H,11-12H2,1H3/t16-/m0/s1. The Labute approximate surface area is 182 Å². The molecule has 0 aliphatic carbocycles. The summed E-state index contributed by atoms with van der Waals surface area (Å²) >= 11 is 7.55. The molecule has 3 rings (SSSR count). The fourth-order valence-electron chi connectivity index (χ4n) is 2.89. The van der Waals surface area contributed by atoms with E-state index in [1.165, 1.54) is 37.1 Å². The lowest BCUT2D eigenvalue weighted by molar-refractivity contribution is -0.140. The summed E-state index contributed by atoms with van der Waals surface area (Å²) in [6, 6.07) is 14.6. The van der Waals surface area contributed by atoms with Gasteiger partial charge in [-0.05, 0) is 29.8 Å². The first kappa shape index (κ1) is 21.8. The minimum Gasteiger partial charge on any atom is -0.508 e. The van der Waals surface area contributed by atoms with Crippen molar-refractivity contribution in [3.05, 3.63) is 86.9 Å². The lowest BCUT2D eigenvalue weighted by Crippen LogP contribution is -2.14. The van der Waals surface area contributed by atoms with Crippen LogP contribution in [0.4, 0.5) is 0 Å². The van der Waals surface area contributed by atoms with Crippen LogP contribution < -0.4 is 5.43 Å². The number of carbonyl (C=O) groups excluding carboxylic acids is 1. The molecule has 1 heterocycles. The minimum atomic E-state index is -0.768. The molecule has 0 saturated carbocycles. The number of methoxy groups -OCH3 is 1. The fraction of sp³-hybridized carbons (Fsp3) is 0.182. The first-order chi connectivity index (χ1) is 14.4. The summed E-state index contributed by atoms with van der Waals surface area (Å²) in [5.74, 6) is -1.23. The van der Waals surface area contributed by atoms with Crippen LogP contribution in [0.3, 0.4) is 0 Å². The zero-order valence-electron chi connectivity index (χ0n) is 16.0. The normalized spacial score (nSPS) is 11.8. The van der Waals surface area contributed by atoms with E-state index >= 15 is 0 Å². The maximum absolute atomic E-state index is 12.4. The number of ether oxygens (including phenoxy) is 1. The molecular weight excluding hydrogens is 428 g/mol. The predicted molar refractivity (Wildman–Crippen MR) is 114 cm³/mol. The van der Waals surface area contributed by atoms with Gasteiger partial charge in [-0.1, -0.05) is 35.9 Å². The molecule has 6 nitrogen and oxygen atoms in total. The summed E-state index contributed by atoms with van der Waals surface area (Å²) in [6.45, 7) is 0. The predicted octanol–water partition coefficient (Wildman–Crippen LogP) is 4.69. The van der Waals surface area contributed by atoms with E-state index in [1.54, 1.807) is 18.2 Å². The van der Waals surface area contributed by atoms with E-state index in [-0.39, 0.29) is 17.9 Å². The molecule has 0 bridgehead atoms. The first-order valence-electron chi connectivity index (χ1n) is 8.98. The second-order valence-electron chi connectivity index (χ2n) is 6.43. The number of hydrogen-bond donors (Lipinski definition) is 2. The van der Waals surface area contributed by atoms with Gasteiger partial charge in [-0.15, -0.1) is 11.8 Å². The third kappa shape index (κ3) is 5.17. The average molecular weight is 447 g/mol. The quantitative estimate of drug-likeness (QED) is 0.401. The summed E-state index contributed by atoms with van der Waals surface area (Å²) in [4.78, 5) is 25.2. The SMILES string of the molecule is COC(=O)C[C@@H](c1ccc(O)cc1)c1oc(CSc2ccccc2Cl)cc(=O)c1O. The van der Waals surface area contributed by atoms with Crippen LogP contribution in [0.2, 0.25) is 5.02 Å². The van der Waals surface area contributed by atoms with E-state index in [0.29, 0.717) is 22.1 Å². The van der Waals surface area contributed by atoms with E-state index in [2.05, 4.69) is 0 Å². The summed E-state index contributed by atoms with van der Waals surface area (Å²) in [7, 11) is 1.25. The van der Waals surface area contributed by atoms with Crippen LogP contribution in [0.15, 0.2) is 68.7 Å². The van der Waals surface area contributed by atoms with Gasteiger partial charge in [0.05, 0.1) is 30.2 Å². The van der Waals surface area contributed by atoms with E-state index in [1.807, 2.05) is 18.2 Å². The first-order valence-corrected chi connectivity index (χ1v) is 10.3. The number of aromatic hydroxyl groups is 2. The highest BCUT2D eigenvalue weighted by Crippen LogP contribution is 2.35. The zero-order chi connectivity index (χ0) is 21.7. The van der Waals surface area contributed by atoms with E-state index in [0.717, 1.165) is 4.90 Å². The Kier molecular flexibility index (Phi) is 7.07. The molecule has 8 heteroatoms. The largest absolute Gasteiger partial charge is 0.508 e. The second kappa shape index (κ2) is 9.73. The monoisotopic (exact) mass is 446 g/mol. The number of phenolic OH excluding ortho intramolecular Hbond substituents is 1. The Morgan fingerprint density at radius 2 is 1.87 bits per heavy atom. The van der Waals surface area contributed by atoms with Crippen LogP contribution in [0.25, 0.3) is 0 Å². The summed E-state index contributed by atoms with van der Waals surface area (Å²) in [5.41, 5.74) is -0.0350. The molecule has 0 spiro atoms. The zero-order valence-corrected chi connectivity index (χ0v) is 17.6. The number of halogens is 1. The molecule has 0 aliphatic heterocycles. The van der Waals surface area contributed by atoms with Crippen molar-refractivity contribution in [2.45, 2.75) is 23.0 Å². The molecule has 0 unspecified atom stereocenters. The summed E-state index contributed by atoms with van der Waals surface area (Å²) in [6.07, 6.45) is -0.154. The third-order valence-corrected chi connectivity index (χ3v) is 5.95. The van der Waals surface area contributed by atoms with Crippen molar-refractivity contribution in [2.75, 3.05) is 7.11 Å². The molecule has 2 N–H and O–H groups in total. The molecule has 0 fully saturated rings. The molecule has 1 atom stereocenters. The Balaban J connectivity index is 1.98. The van der Waals surface area contributed by atoms with Gasteiger partial charge in [-0.3, -0.25) is 9.59 Å². The molecule has 3 aromatic rings.